The molecule has 2 atom stereocenters. The van der Waals surface area contributed by atoms with Gasteiger partial charge in [-0.05, 0) is 13.2 Å². The third-order valence-corrected chi connectivity index (χ3v) is 3.81. The van der Waals surface area contributed by atoms with Gasteiger partial charge < -0.3 is 15.7 Å². The summed E-state index contributed by atoms with van der Waals surface area (Å²) in [6.45, 7) is 1.50. The molecule has 2 amide bonds. The zero-order valence-corrected chi connectivity index (χ0v) is 11.7. The van der Waals surface area contributed by atoms with E-state index in [1.165, 1.54) is 11.8 Å². The summed E-state index contributed by atoms with van der Waals surface area (Å²) in [5.74, 6) is -3.47. The minimum Gasteiger partial charge on any atom is -0.395 e. The van der Waals surface area contributed by atoms with Crippen molar-refractivity contribution < 1.29 is 23.1 Å². The molecular formula is C12H15F3N2O2S. The predicted molar refractivity (Wildman–Crippen MR) is 72.3 cm³/mol. The zero-order chi connectivity index (χ0) is 15.3. The number of amides is 2. The van der Waals surface area contributed by atoms with Crippen LogP contribution in [0.2, 0.25) is 0 Å². The lowest BCUT2D eigenvalue weighted by Gasteiger charge is -2.21. The predicted octanol–water partition coefficient (Wildman–Crippen LogP) is 2.34. The van der Waals surface area contributed by atoms with Gasteiger partial charge in [-0.2, -0.15) is 11.8 Å². The maximum Gasteiger partial charge on any atom is 0.319 e. The van der Waals surface area contributed by atoms with Crippen LogP contribution in [0.1, 0.15) is 6.92 Å². The van der Waals surface area contributed by atoms with Gasteiger partial charge in [-0.25, -0.2) is 18.0 Å². The SMILES string of the molecule is CSC(CO)C(C)NC(=O)Nc1c(F)cc(F)cc1F. The molecule has 0 saturated carbocycles. The Kier molecular flexibility index (Phi) is 6.15. The van der Waals surface area contributed by atoms with Crippen molar-refractivity contribution in [1.29, 1.82) is 0 Å². The second kappa shape index (κ2) is 7.39. The molecule has 1 aromatic rings. The lowest BCUT2D eigenvalue weighted by atomic mass is 10.2. The van der Waals surface area contributed by atoms with Crippen molar-refractivity contribution in [1.82, 2.24) is 5.32 Å². The van der Waals surface area contributed by atoms with Gasteiger partial charge in [0.05, 0.1) is 6.61 Å². The zero-order valence-electron chi connectivity index (χ0n) is 10.9. The summed E-state index contributed by atoms with van der Waals surface area (Å²) < 4.78 is 39.4. The summed E-state index contributed by atoms with van der Waals surface area (Å²) in [4.78, 5) is 11.6. The first-order valence-electron chi connectivity index (χ1n) is 5.74. The van der Waals surface area contributed by atoms with Crippen LogP contribution in [0, 0.1) is 17.5 Å². The maximum absolute atomic E-state index is 13.3. The standard InChI is InChI=1S/C12H15F3N2O2S/c1-6(10(5-18)20-2)16-12(19)17-11-8(14)3-7(13)4-9(11)15/h3-4,6,10,18H,5H2,1-2H3,(H2,16,17,19). The van der Waals surface area contributed by atoms with E-state index < -0.39 is 35.2 Å². The first-order valence-corrected chi connectivity index (χ1v) is 7.03. The van der Waals surface area contributed by atoms with Crippen LogP contribution in [0.25, 0.3) is 0 Å². The van der Waals surface area contributed by atoms with E-state index in [1.807, 2.05) is 5.32 Å². The molecule has 3 N–H and O–H groups in total. The number of aliphatic hydroxyl groups excluding tert-OH is 1. The highest BCUT2D eigenvalue weighted by Gasteiger charge is 2.19. The number of nitrogens with one attached hydrogen (secondary N) is 2. The van der Waals surface area contributed by atoms with E-state index in [9.17, 15) is 18.0 Å². The lowest BCUT2D eigenvalue weighted by molar-refractivity contribution is 0.242. The third-order valence-electron chi connectivity index (χ3n) is 2.64. The van der Waals surface area contributed by atoms with Crippen LogP contribution in [0.4, 0.5) is 23.7 Å². The average Bonchev–Trinajstić information content (AvgIpc) is 2.35. The molecule has 20 heavy (non-hydrogen) atoms. The van der Waals surface area contributed by atoms with Crippen molar-refractivity contribution in [3.8, 4) is 0 Å². The Balaban J connectivity index is 2.72. The molecule has 2 unspecified atom stereocenters. The maximum atomic E-state index is 13.3. The lowest BCUT2D eigenvalue weighted by Crippen LogP contribution is -2.43. The van der Waals surface area contributed by atoms with E-state index in [0.29, 0.717) is 12.1 Å². The second-order valence-electron chi connectivity index (χ2n) is 4.09. The molecule has 0 aliphatic heterocycles. The van der Waals surface area contributed by atoms with Gasteiger partial charge in [-0.1, -0.05) is 0 Å². The van der Waals surface area contributed by atoms with Gasteiger partial charge in [0, 0.05) is 23.4 Å². The summed E-state index contributed by atoms with van der Waals surface area (Å²) in [6, 6.07) is -0.308. The fraction of sp³-hybridized carbons (Fsp3) is 0.417. The topological polar surface area (TPSA) is 61.4 Å². The molecule has 0 aliphatic carbocycles. The molecule has 0 saturated heterocycles. The Hall–Kier alpha value is -1.41. The number of carbonyl (C=O) groups is 1. The summed E-state index contributed by atoms with van der Waals surface area (Å²) in [7, 11) is 0. The smallest absolute Gasteiger partial charge is 0.319 e. The van der Waals surface area contributed by atoms with Crippen LogP contribution >= 0.6 is 11.8 Å². The highest BCUT2D eigenvalue weighted by atomic mass is 32.2. The van der Waals surface area contributed by atoms with Crippen LogP contribution in [0.5, 0.6) is 0 Å². The van der Waals surface area contributed by atoms with E-state index in [-0.39, 0.29) is 11.9 Å². The fourth-order valence-corrected chi connectivity index (χ4v) is 2.17. The van der Waals surface area contributed by atoms with Crippen LogP contribution in [0.15, 0.2) is 12.1 Å². The number of benzene rings is 1. The van der Waals surface area contributed by atoms with Gasteiger partial charge in [0.2, 0.25) is 0 Å². The normalized spacial score (nSPS) is 13.7. The molecule has 0 spiro atoms. The third kappa shape index (κ3) is 4.31. The minimum atomic E-state index is -1.20. The highest BCUT2D eigenvalue weighted by Crippen LogP contribution is 2.20. The van der Waals surface area contributed by atoms with Crippen LogP contribution in [0.3, 0.4) is 0 Å². The monoisotopic (exact) mass is 308 g/mol. The molecule has 112 valence electrons. The molecular weight excluding hydrogens is 293 g/mol. The highest BCUT2D eigenvalue weighted by molar-refractivity contribution is 7.99. The quantitative estimate of drug-likeness (QED) is 0.782. The fourth-order valence-electron chi connectivity index (χ4n) is 1.55. The summed E-state index contributed by atoms with van der Waals surface area (Å²) in [5, 5.41) is 13.2. The Morgan fingerprint density at radius 1 is 1.35 bits per heavy atom. The number of aliphatic hydroxyl groups is 1. The second-order valence-corrected chi connectivity index (χ2v) is 5.17. The molecule has 1 rings (SSSR count). The minimum absolute atomic E-state index is 0.151. The first-order chi connectivity index (χ1) is 9.38. The van der Waals surface area contributed by atoms with E-state index in [4.69, 9.17) is 5.11 Å². The molecule has 1 aromatic carbocycles. The van der Waals surface area contributed by atoms with E-state index in [1.54, 1.807) is 13.2 Å². The first kappa shape index (κ1) is 16.6. The van der Waals surface area contributed by atoms with Gasteiger partial charge in [0.1, 0.15) is 11.5 Å². The largest absolute Gasteiger partial charge is 0.395 e. The van der Waals surface area contributed by atoms with Gasteiger partial charge in [0.25, 0.3) is 0 Å². The summed E-state index contributed by atoms with van der Waals surface area (Å²) >= 11 is 1.34. The number of hydrogen-bond acceptors (Lipinski definition) is 3. The van der Waals surface area contributed by atoms with Crippen molar-refractivity contribution in [2.45, 2.75) is 18.2 Å². The van der Waals surface area contributed by atoms with Crippen molar-refractivity contribution in [3.05, 3.63) is 29.6 Å². The number of anilines is 1. The molecule has 0 radical (unpaired) electrons. The Morgan fingerprint density at radius 2 is 1.90 bits per heavy atom. The van der Waals surface area contributed by atoms with Crippen molar-refractivity contribution in [3.63, 3.8) is 0 Å². The Labute approximate surface area is 118 Å². The molecule has 0 heterocycles. The van der Waals surface area contributed by atoms with E-state index >= 15 is 0 Å². The number of urea groups is 1. The molecule has 4 nitrogen and oxygen atoms in total. The van der Waals surface area contributed by atoms with Gasteiger partial charge in [0.15, 0.2) is 11.6 Å². The van der Waals surface area contributed by atoms with Gasteiger partial charge in [-0.3, -0.25) is 0 Å². The summed E-state index contributed by atoms with van der Waals surface area (Å²) in [5.41, 5.74) is -0.721. The Morgan fingerprint density at radius 3 is 2.35 bits per heavy atom. The van der Waals surface area contributed by atoms with Gasteiger partial charge in [-0.15, -0.1) is 0 Å². The van der Waals surface area contributed by atoms with Crippen molar-refractivity contribution in [2.75, 3.05) is 18.2 Å². The molecule has 8 heteroatoms. The number of rotatable bonds is 5. The molecule has 0 fully saturated rings. The number of hydrogen-bond donors (Lipinski definition) is 3. The number of carbonyl (C=O) groups excluding carboxylic acids is 1. The molecule has 0 bridgehead atoms. The van der Waals surface area contributed by atoms with Gasteiger partial charge >= 0.3 is 6.03 Å². The van der Waals surface area contributed by atoms with Crippen molar-refractivity contribution >= 4 is 23.5 Å². The van der Waals surface area contributed by atoms with Crippen LogP contribution in [-0.4, -0.2) is 35.3 Å². The molecule has 0 aromatic heterocycles. The average molecular weight is 308 g/mol. The summed E-state index contributed by atoms with van der Waals surface area (Å²) in [6.07, 6.45) is 1.76. The van der Waals surface area contributed by atoms with E-state index in [2.05, 4.69) is 5.32 Å². The van der Waals surface area contributed by atoms with Crippen molar-refractivity contribution in [2.24, 2.45) is 0 Å². The Bertz CT molecular complexity index is 461. The van der Waals surface area contributed by atoms with Crippen LogP contribution < -0.4 is 10.6 Å². The number of halogens is 3. The van der Waals surface area contributed by atoms with Crippen LogP contribution in [-0.2, 0) is 0 Å². The molecule has 0 aliphatic rings. The van der Waals surface area contributed by atoms with E-state index in [0.717, 1.165) is 0 Å². The number of thioether (sulfide) groups is 1.